The van der Waals surface area contributed by atoms with Gasteiger partial charge in [-0.05, 0) is 0 Å². The summed E-state index contributed by atoms with van der Waals surface area (Å²) in [5.41, 5.74) is 0. The normalized spacial score (nSPS) is 31.8. The van der Waals surface area contributed by atoms with Gasteiger partial charge in [-0.2, -0.15) is 5.92 Å². The van der Waals surface area contributed by atoms with E-state index in [2.05, 4.69) is 13.3 Å². The van der Waals surface area contributed by atoms with Gasteiger partial charge in [0.25, 0.3) is 0 Å². The van der Waals surface area contributed by atoms with Crippen molar-refractivity contribution < 1.29 is 58.2 Å². The molecule has 0 radical (unpaired) electrons. The van der Waals surface area contributed by atoms with Crippen LogP contribution in [0.2, 0.25) is 0 Å². The Morgan fingerprint density at radius 3 is 2.00 bits per heavy atom. The summed E-state index contributed by atoms with van der Waals surface area (Å²) in [7, 11) is 0. The van der Waals surface area contributed by atoms with E-state index >= 15 is 0 Å². The summed E-state index contributed by atoms with van der Waals surface area (Å²) in [6, 6.07) is 0. The van der Waals surface area contributed by atoms with Crippen molar-refractivity contribution >= 4 is 0 Å². The van der Waals surface area contributed by atoms with E-state index in [4.69, 9.17) is 0 Å². The maximum absolute atomic E-state index is 2.29. The zero-order chi connectivity index (χ0) is 2.99. The summed E-state index contributed by atoms with van der Waals surface area (Å²) in [6.45, 7) is 2.22. The molecule has 0 spiro atoms. The quantitative estimate of drug-likeness (QED) is 0.350. The van der Waals surface area contributed by atoms with E-state index in [9.17, 15) is 0 Å². The number of rotatable bonds is 0. The Kier molecular flexibility index (Phi) is 3.94. The van der Waals surface area contributed by atoms with Crippen LogP contribution in [0, 0.1) is 12.3 Å². The van der Waals surface area contributed by atoms with Gasteiger partial charge in [0.2, 0.25) is 0 Å². The van der Waals surface area contributed by atoms with Gasteiger partial charge in [-0.3, -0.25) is 0 Å². The van der Waals surface area contributed by atoms with Gasteiger partial charge in [0.15, 0.2) is 0 Å². The van der Waals surface area contributed by atoms with Gasteiger partial charge in [0, 0.05) is 0 Å². The molecule has 0 bridgehead atoms. The van der Waals surface area contributed by atoms with E-state index in [0.717, 1.165) is 5.92 Å². The smallest absolute Gasteiger partial charge is 0.330 e. The van der Waals surface area contributed by atoms with Crippen LogP contribution in [0.4, 0.5) is 0 Å². The molecule has 1 unspecified atom stereocenters. The Morgan fingerprint density at radius 1 is 1.80 bits per heavy atom. The van der Waals surface area contributed by atoms with Crippen molar-refractivity contribution in [3.05, 3.63) is 6.42 Å². The Hall–Kier alpha value is 1.81. The second-order valence-electron chi connectivity index (χ2n) is 1.45. The molecule has 0 aromatic heterocycles. The second kappa shape index (κ2) is 2.89. The minimum absolute atomic E-state index is 0. The third kappa shape index (κ3) is 3.64. The molecule has 0 aromatic rings. The Labute approximate surface area is 82.1 Å². The first-order valence-electron chi connectivity index (χ1n) is 1.73. The molecular weight excluding hydrogens is 134 g/mol. The van der Waals surface area contributed by atoms with Gasteiger partial charge in [-0.15, -0.1) is 0 Å². The zero-order valence-electron chi connectivity index (χ0n) is 3.86. The third-order valence-corrected chi connectivity index (χ3v) is 0.707. The summed E-state index contributed by atoms with van der Waals surface area (Å²) in [6.07, 6.45) is 3.65. The van der Waals surface area contributed by atoms with E-state index in [-0.39, 0.29) is 58.2 Å². The van der Waals surface area contributed by atoms with Crippen LogP contribution in [-0.2, 0) is 0 Å². The van der Waals surface area contributed by atoms with Crippen LogP contribution in [0.25, 0.3) is 0 Å². The third-order valence-electron chi connectivity index (χ3n) is 0.707. The van der Waals surface area contributed by atoms with Crippen molar-refractivity contribution in [3.63, 3.8) is 0 Å². The van der Waals surface area contributed by atoms with E-state index < -0.39 is 0 Å². The second-order valence-corrected chi connectivity index (χ2v) is 1.45. The molecule has 1 aliphatic carbocycles. The molecule has 1 aliphatic rings. The zero-order valence-corrected chi connectivity index (χ0v) is 8.78. The van der Waals surface area contributed by atoms with Gasteiger partial charge in [0.05, 0.1) is 0 Å². The van der Waals surface area contributed by atoms with Crippen LogP contribution >= 0.6 is 0 Å². The fourth-order valence-corrected chi connectivity index (χ4v) is 0.136. The molecule has 0 aliphatic heterocycles. The monoisotopic (exact) mass is 140 g/mol. The molecule has 1 fully saturated rings. The van der Waals surface area contributed by atoms with Gasteiger partial charge >= 0.3 is 58.2 Å². The first-order chi connectivity index (χ1) is 1.89. The van der Waals surface area contributed by atoms with Crippen LogP contribution in [0.1, 0.15) is 13.3 Å². The average molecular weight is 141 g/mol. The number of hydrogen-bond acceptors (Lipinski definition) is 0. The van der Waals surface area contributed by atoms with Crippen molar-refractivity contribution in [3.8, 4) is 0 Å². The maximum atomic E-state index is 2.29. The predicted octanol–water partition coefficient (Wildman–Crippen LogP) is -1.77. The number of hydrogen-bond donors (Lipinski definition) is 0. The molecule has 24 valence electrons. The molecule has 0 amide bonds. The minimum atomic E-state index is 0. The summed E-state index contributed by atoms with van der Waals surface area (Å²) in [4.78, 5) is 0. The summed E-state index contributed by atoms with van der Waals surface area (Å²) < 4.78 is 0. The van der Waals surface area contributed by atoms with E-state index in [0.29, 0.717) is 0 Å². The minimum Gasteiger partial charge on any atom is -0.330 e. The molecule has 5 heavy (non-hydrogen) atoms. The van der Waals surface area contributed by atoms with Crippen LogP contribution in [0.5, 0.6) is 0 Å². The van der Waals surface area contributed by atoms with Crippen LogP contribution in [0.15, 0.2) is 0 Å². The van der Waals surface area contributed by atoms with Gasteiger partial charge in [-0.1, -0.05) is 6.92 Å². The molecule has 0 aromatic carbocycles. The van der Waals surface area contributed by atoms with Gasteiger partial charge in [-0.25, -0.2) is 6.42 Å². The first kappa shape index (κ1) is 6.81. The summed E-state index contributed by atoms with van der Waals surface area (Å²) in [5.74, 6) is 0.958. The van der Waals surface area contributed by atoms with Crippen molar-refractivity contribution in [2.75, 3.05) is 0 Å². The largest absolute Gasteiger partial charge is 1.00 e. The molecule has 0 saturated heterocycles. The fraction of sp³-hybridized carbons (Fsp3) is 0.750. The topological polar surface area (TPSA) is 0 Å². The van der Waals surface area contributed by atoms with Crippen LogP contribution in [-0.4, -0.2) is 0 Å². The van der Waals surface area contributed by atoms with Crippen molar-refractivity contribution in [1.82, 2.24) is 0 Å². The molecule has 1 heteroatoms. The molecule has 1 saturated carbocycles. The average Bonchev–Trinajstić information content (AvgIpc) is 1.75. The molecule has 1 rings (SSSR count). The standard InChI is InChI=1S/C4H7.Rb/c1-4-2-3-4;/h2,4H,3H2,1H3;/q-1;+1. The molecule has 0 N–H and O–H groups in total. The maximum Gasteiger partial charge on any atom is 1.00 e. The van der Waals surface area contributed by atoms with Gasteiger partial charge < -0.3 is 6.42 Å². The Bertz CT molecular complexity index is 22.8. The van der Waals surface area contributed by atoms with Crippen molar-refractivity contribution in [1.29, 1.82) is 0 Å². The Balaban J connectivity index is 0.000000160. The molecule has 0 heterocycles. The SMILES string of the molecule is CC1[CH-]C1.[Rb+]. The predicted molar refractivity (Wildman–Crippen MR) is 18.1 cm³/mol. The van der Waals surface area contributed by atoms with Gasteiger partial charge in [0.1, 0.15) is 0 Å². The summed E-state index contributed by atoms with van der Waals surface area (Å²) >= 11 is 0. The summed E-state index contributed by atoms with van der Waals surface area (Å²) in [5, 5.41) is 0. The molecule has 1 atom stereocenters. The Morgan fingerprint density at radius 2 is 2.00 bits per heavy atom. The fourth-order valence-electron chi connectivity index (χ4n) is 0.136. The van der Waals surface area contributed by atoms with Crippen molar-refractivity contribution in [2.45, 2.75) is 13.3 Å². The first-order valence-corrected chi connectivity index (χ1v) is 1.73. The van der Waals surface area contributed by atoms with Crippen molar-refractivity contribution in [2.24, 2.45) is 5.92 Å². The molecular formula is C4H7Rb. The molecule has 0 nitrogen and oxygen atoms in total. The van der Waals surface area contributed by atoms with E-state index in [1.807, 2.05) is 0 Å². The van der Waals surface area contributed by atoms with Crippen LogP contribution in [0.3, 0.4) is 0 Å². The van der Waals surface area contributed by atoms with Crippen LogP contribution < -0.4 is 58.2 Å². The van der Waals surface area contributed by atoms with E-state index in [1.165, 1.54) is 6.42 Å². The van der Waals surface area contributed by atoms with E-state index in [1.54, 1.807) is 0 Å².